The van der Waals surface area contributed by atoms with Crippen molar-refractivity contribution >= 4 is 11.0 Å². The van der Waals surface area contributed by atoms with Crippen LogP contribution in [0.2, 0.25) is 0 Å². The van der Waals surface area contributed by atoms with Crippen molar-refractivity contribution in [3.05, 3.63) is 24.3 Å². The molecule has 0 aliphatic rings. The third kappa shape index (κ3) is 1.30. The van der Waals surface area contributed by atoms with Crippen molar-refractivity contribution in [3.8, 4) is 5.75 Å². The van der Waals surface area contributed by atoms with Gasteiger partial charge in [0.1, 0.15) is 17.6 Å². The molecule has 66 valence electrons. The average Bonchev–Trinajstić information content (AvgIpc) is 2.17. The molecular formula is C9H9N3O. The Balaban J connectivity index is 2.74. The van der Waals surface area contributed by atoms with Crippen molar-refractivity contribution in [2.75, 3.05) is 0 Å². The molecule has 13 heavy (non-hydrogen) atoms. The summed E-state index contributed by atoms with van der Waals surface area (Å²) in [4.78, 5) is 12.1. The van der Waals surface area contributed by atoms with Gasteiger partial charge in [0.2, 0.25) is 0 Å². The van der Waals surface area contributed by atoms with E-state index in [0.717, 1.165) is 5.52 Å². The SMILES string of the molecule is CCc1nc2cncnc2cc1O. The van der Waals surface area contributed by atoms with Crippen molar-refractivity contribution < 1.29 is 5.11 Å². The highest BCUT2D eigenvalue weighted by Crippen LogP contribution is 2.19. The Morgan fingerprint density at radius 1 is 1.38 bits per heavy atom. The Morgan fingerprint density at radius 3 is 3.00 bits per heavy atom. The van der Waals surface area contributed by atoms with Gasteiger partial charge in [0, 0.05) is 6.07 Å². The van der Waals surface area contributed by atoms with Crippen molar-refractivity contribution in [1.82, 2.24) is 15.0 Å². The van der Waals surface area contributed by atoms with E-state index in [1.54, 1.807) is 12.3 Å². The van der Waals surface area contributed by atoms with E-state index in [1.165, 1.54) is 6.33 Å². The lowest BCUT2D eigenvalue weighted by Crippen LogP contribution is -1.91. The third-order valence-corrected chi connectivity index (χ3v) is 1.88. The van der Waals surface area contributed by atoms with E-state index in [9.17, 15) is 5.11 Å². The quantitative estimate of drug-likeness (QED) is 0.709. The Labute approximate surface area is 75.3 Å². The first-order valence-corrected chi connectivity index (χ1v) is 4.10. The maximum Gasteiger partial charge on any atom is 0.139 e. The van der Waals surface area contributed by atoms with E-state index >= 15 is 0 Å². The topological polar surface area (TPSA) is 58.9 Å². The van der Waals surface area contributed by atoms with Crippen LogP contribution in [0.5, 0.6) is 5.75 Å². The number of hydrogen-bond donors (Lipinski definition) is 1. The summed E-state index contributed by atoms with van der Waals surface area (Å²) in [6.45, 7) is 1.94. The lowest BCUT2D eigenvalue weighted by molar-refractivity contribution is 0.466. The molecule has 0 bridgehead atoms. The zero-order valence-corrected chi connectivity index (χ0v) is 7.23. The van der Waals surface area contributed by atoms with Gasteiger partial charge >= 0.3 is 0 Å². The number of rotatable bonds is 1. The summed E-state index contributed by atoms with van der Waals surface area (Å²) in [5, 5.41) is 9.49. The monoisotopic (exact) mass is 175 g/mol. The van der Waals surface area contributed by atoms with Crippen LogP contribution in [0.15, 0.2) is 18.6 Å². The Bertz CT molecular complexity index is 442. The smallest absolute Gasteiger partial charge is 0.139 e. The number of aromatic hydroxyl groups is 1. The van der Waals surface area contributed by atoms with Gasteiger partial charge in [-0.1, -0.05) is 6.92 Å². The summed E-state index contributed by atoms with van der Waals surface area (Å²) in [5.74, 6) is 0.203. The molecule has 4 nitrogen and oxygen atoms in total. The number of hydrogen-bond acceptors (Lipinski definition) is 4. The maximum atomic E-state index is 9.49. The fourth-order valence-corrected chi connectivity index (χ4v) is 1.20. The minimum atomic E-state index is 0.203. The third-order valence-electron chi connectivity index (χ3n) is 1.88. The highest BCUT2D eigenvalue weighted by molar-refractivity contribution is 5.74. The molecule has 0 aromatic carbocycles. The van der Waals surface area contributed by atoms with Crippen molar-refractivity contribution in [3.63, 3.8) is 0 Å². The Morgan fingerprint density at radius 2 is 2.23 bits per heavy atom. The van der Waals surface area contributed by atoms with Gasteiger partial charge in [0.15, 0.2) is 0 Å². The molecule has 0 saturated heterocycles. The molecule has 2 rings (SSSR count). The summed E-state index contributed by atoms with van der Waals surface area (Å²) in [6.07, 6.45) is 3.78. The second-order valence-electron chi connectivity index (χ2n) is 2.73. The van der Waals surface area contributed by atoms with Crippen LogP contribution in [0.4, 0.5) is 0 Å². The van der Waals surface area contributed by atoms with Crippen LogP contribution in [0.1, 0.15) is 12.6 Å². The van der Waals surface area contributed by atoms with E-state index < -0.39 is 0 Å². The van der Waals surface area contributed by atoms with Gasteiger partial charge in [-0.25, -0.2) is 15.0 Å². The molecule has 1 N–H and O–H groups in total. The lowest BCUT2D eigenvalue weighted by Gasteiger charge is -2.01. The molecule has 0 aliphatic carbocycles. The van der Waals surface area contributed by atoms with Crippen molar-refractivity contribution in [1.29, 1.82) is 0 Å². The number of aryl methyl sites for hydroxylation is 1. The molecule has 0 fully saturated rings. The molecule has 0 amide bonds. The number of nitrogens with zero attached hydrogens (tertiary/aromatic N) is 3. The molecule has 0 saturated carbocycles. The minimum absolute atomic E-state index is 0.203. The van der Waals surface area contributed by atoms with Crippen LogP contribution in [0, 0.1) is 0 Å². The molecular weight excluding hydrogens is 166 g/mol. The predicted molar refractivity (Wildman–Crippen MR) is 48.4 cm³/mol. The highest BCUT2D eigenvalue weighted by atomic mass is 16.3. The Kier molecular flexibility index (Phi) is 1.81. The van der Waals surface area contributed by atoms with Crippen molar-refractivity contribution in [2.45, 2.75) is 13.3 Å². The fourth-order valence-electron chi connectivity index (χ4n) is 1.20. The summed E-state index contributed by atoms with van der Waals surface area (Å²) >= 11 is 0. The molecule has 2 aromatic heterocycles. The first-order chi connectivity index (χ1) is 6.31. The summed E-state index contributed by atoms with van der Waals surface area (Å²) in [5.41, 5.74) is 2.07. The standard InChI is InChI=1S/C9H9N3O/c1-2-6-9(13)3-7-8(12-6)4-10-5-11-7/h3-5,13H,2H2,1H3. The Hall–Kier alpha value is -1.71. The summed E-state index contributed by atoms with van der Waals surface area (Å²) in [6, 6.07) is 1.61. The van der Waals surface area contributed by atoms with Crippen molar-refractivity contribution in [2.24, 2.45) is 0 Å². The summed E-state index contributed by atoms with van der Waals surface area (Å²) < 4.78 is 0. The van der Waals surface area contributed by atoms with E-state index in [2.05, 4.69) is 15.0 Å². The van der Waals surface area contributed by atoms with E-state index in [4.69, 9.17) is 0 Å². The average molecular weight is 175 g/mol. The van der Waals surface area contributed by atoms with E-state index in [1.807, 2.05) is 6.92 Å². The lowest BCUT2D eigenvalue weighted by atomic mass is 10.2. The van der Waals surface area contributed by atoms with Gasteiger partial charge in [0.05, 0.1) is 17.4 Å². The van der Waals surface area contributed by atoms with Gasteiger partial charge in [-0.05, 0) is 6.42 Å². The molecule has 0 spiro atoms. The van der Waals surface area contributed by atoms with Gasteiger partial charge in [-0.3, -0.25) is 0 Å². The first kappa shape index (κ1) is 7.91. The normalized spacial score (nSPS) is 10.5. The van der Waals surface area contributed by atoms with Crippen LogP contribution in [-0.2, 0) is 6.42 Å². The molecule has 0 unspecified atom stereocenters. The second-order valence-corrected chi connectivity index (χ2v) is 2.73. The largest absolute Gasteiger partial charge is 0.506 e. The summed E-state index contributed by atoms with van der Waals surface area (Å²) in [7, 11) is 0. The molecule has 2 heterocycles. The zero-order chi connectivity index (χ0) is 9.26. The van der Waals surface area contributed by atoms with Crippen LogP contribution >= 0.6 is 0 Å². The highest BCUT2D eigenvalue weighted by Gasteiger charge is 2.03. The fraction of sp³-hybridized carbons (Fsp3) is 0.222. The number of aromatic nitrogens is 3. The number of pyridine rings is 1. The number of fused-ring (bicyclic) bond motifs is 1. The second kappa shape index (κ2) is 2.97. The van der Waals surface area contributed by atoms with Crippen LogP contribution in [0.3, 0.4) is 0 Å². The molecule has 4 heteroatoms. The molecule has 0 radical (unpaired) electrons. The molecule has 0 atom stereocenters. The molecule has 0 aliphatic heterocycles. The van der Waals surface area contributed by atoms with Crippen LogP contribution in [0.25, 0.3) is 11.0 Å². The van der Waals surface area contributed by atoms with E-state index in [0.29, 0.717) is 17.6 Å². The zero-order valence-electron chi connectivity index (χ0n) is 7.23. The minimum Gasteiger partial charge on any atom is -0.506 e. The van der Waals surface area contributed by atoms with Crippen LogP contribution < -0.4 is 0 Å². The van der Waals surface area contributed by atoms with Gasteiger partial charge in [-0.2, -0.15) is 0 Å². The van der Waals surface area contributed by atoms with Gasteiger partial charge in [0.25, 0.3) is 0 Å². The molecule has 2 aromatic rings. The maximum absolute atomic E-state index is 9.49. The first-order valence-electron chi connectivity index (χ1n) is 4.10. The van der Waals surface area contributed by atoms with Gasteiger partial charge in [-0.15, -0.1) is 0 Å². The van der Waals surface area contributed by atoms with Gasteiger partial charge < -0.3 is 5.11 Å². The van der Waals surface area contributed by atoms with E-state index in [-0.39, 0.29) is 5.75 Å². The van der Waals surface area contributed by atoms with Crippen LogP contribution in [-0.4, -0.2) is 20.1 Å². The predicted octanol–water partition coefficient (Wildman–Crippen LogP) is 1.29.